The predicted octanol–water partition coefficient (Wildman–Crippen LogP) is 1.43. The SMILES string of the molecule is C#CCCCNS(=O)(=O)c1ccc(Cl)nc1. The van der Waals surface area contributed by atoms with Crippen LogP contribution in [-0.4, -0.2) is 19.9 Å². The molecule has 1 aromatic heterocycles. The van der Waals surface area contributed by atoms with Crippen LogP contribution in [0.1, 0.15) is 12.8 Å². The number of halogens is 1. The van der Waals surface area contributed by atoms with E-state index in [1.807, 2.05) is 0 Å². The Hall–Kier alpha value is -1.09. The highest BCUT2D eigenvalue weighted by Crippen LogP contribution is 2.10. The van der Waals surface area contributed by atoms with Gasteiger partial charge >= 0.3 is 0 Å². The van der Waals surface area contributed by atoms with Crippen molar-refractivity contribution in [1.82, 2.24) is 9.71 Å². The summed E-state index contributed by atoms with van der Waals surface area (Å²) >= 11 is 5.56. The van der Waals surface area contributed by atoms with Gasteiger partial charge in [0.15, 0.2) is 0 Å². The van der Waals surface area contributed by atoms with Crippen molar-refractivity contribution < 1.29 is 8.42 Å². The molecule has 0 saturated heterocycles. The van der Waals surface area contributed by atoms with Gasteiger partial charge in [-0.2, -0.15) is 0 Å². The summed E-state index contributed by atoms with van der Waals surface area (Å²) in [6.07, 6.45) is 7.42. The van der Waals surface area contributed by atoms with Crippen molar-refractivity contribution in [2.24, 2.45) is 0 Å². The Morgan fingerprint density at radius 1 is 1.50 bits per heavy atom. The fraction of sp³-hybridized carbons (Fsp3) is 0.300. The standard InChI is InChI=1S/C10H11ClN2O2S/c1-2-3-4-7-13-16(14,15)9-5-6-10(11)12-8-9/h1,5-6,8,13H,3-4,7H2. The van der Waals surface area contributed by atoms with Crippen LogP contribution in [0.3, 0.4) is 0 Å². The van der Waals surface area contributed by atoms with E-state index < -0.39 is 10.0 Å². The van der Waals surface area contributed by atoms with Crippen molar-refractivity contribution in [2.75, 3.05) is 6.54 Å². The molecule has 0 saturated carbocycles. The maximum absolute atomic E-state index is 11.7. The Bertz CT molecular complexity index is 477. The van der Waals surface area contributed by atoms with E-state index >= 15 is 0 Å². The zero-order valence-corrected chi connectivity index (χ0v) is 10.1. The second-order valence-electron chi connectivity index (χ2n) is 3.02. The molecular formula is C10H11ClN2O2S. The van der Waals surface area contributed by atoms with Gasteiger partial charge in [0.25, 0.3) is 0 Å². The van der Waals surface area contributed by atoms with Gasteiger partial charge < -0.3 is 0 Å². The molecule has 1 aromatic rings. The first-order chi connectivity index (χ1) is 7.56. The summed E-state index contributed by atoms with van der Waals surface area (Å²) in [4.78, 5) is 3.80. The van der Waals surface area contributed by atoms with E-state index in [-0.39, 0.29) is 10.0 Å². The van der Waals surface area contributed by atoms with Crippen molar-refractivity contribution in [3.8, 4) is 12.3 Å². The number of pyridine rings is 1. The molecule has 0 aromatic carbocycles. The Kier molecular flexibility index (Phi) is 4.74. The summed E-state index contributed by atoms with van der Waals surface area (Å²) in [5, 5.41) is 0.256. The first-order valence-electron chi connectivity index (χ1n) is 4.61. The van der Waals surface area contributed by atoms with Crippen LogP contribution in [0.4, 0.5) is 0 Å². The number of rotatable bonds is 5. The zero-order valence-electron chi connectivity index (χ0n) is 8.48. The van der Waals surface area contributed by atoms with Gasteiger partial charge in [0.05, 0.1) is 0 Å². The lowest BCUT2D eigenvalue weighted by Gasteiger charge is -2.05. The van der Waals surface area contributed by atoms with Crippen molar-refractivity contribution in [3.05, 3.63) is 23.5 Å². The molecule has 0 fully saturated rings. The average molecular weight is 259 g/mol. The third kappa shape index (κ3) is 3.81. The number of hydrogen-bond acceptors (Lipinski definition) is 3. The molecule has 0 aliphatic rings. The smallest absolute Gasteiger partial charge is 0.242 e. The Morgan fingerprint density at radius 3 is 2.81 bits per heavy atom. The maximum atomic E-state index is 11.7. The van der Waals surface area contributed by atoms with E-state index in [0.717, 1.165) is 0 Å². The summed E-state index contributed by atoms with van der Waals surface area (Å²) in [7, 11) is -3.50. The molecule has 1 N–H and O–H groups in total. The molecule has 16 heavy (non-hydrogen) atoms. The largest absolute Gasteiger partial charge is 0.243 e. The number of nitrogens with one attached hydrogen (secondary N) is 1. The lowest BCUT2D eigenvalue weighted by molar-refractivity contribution is 0.579. The molecule has 0 amide bonds. The molecule has 0 atom stereocenters. The fourth-order valence-corrected chi connectivity index (χ4v) is 2.13. The number of aromatic nitrogens is 1. The van der Waals surface area contributed by atoms with Gasteiger partial charge in [-0.25, -0.2) is 18.1 Å². The topological polar surface area (TPSA) is 59.1 Å². The summed E-state index contributed by atoms with van der Waals surface area (Å²) in [6, 6.07) is 2.83. The number of sulfonamides is 1. The zero-order chi connectivity index (χ0) is 12.0. The van der Waals surface area contributed by atoms with E-state index in [1.54, 1.807) is 0 Å². The van der Waals surface area contributed by atoms with E-state index in [0.29, 0.717) is 19.4 Å². The Morgan fingerprint density at radius 2 is 2.25 bits per heavy atom. The molecule has 1 rings (SSSR count). The quantitative estimate of drug-likeness (QED) is 0.494. The number of nitrogens with zero attached hydrogens (tertiary/aromatic N) is 1. The van der Waals surface area contributed by atoms with Gasteiger partial charge in [-0.05, 0) is 18.6 Å². The van der Waals surface area contributed by atoms with Crippen LogP contribution in [0.25, 0.3) is 0 Å². The van der Waals surface area contributed by atoms with Crippen LogP contribution in [0.2, 0.25) is 5.15 Å². The van der Waals surface area contributed by atoms with Crippen molar-refractivity contribution in [1.29, 1.82) is 0 Å². The van der Waals surface area contributed by atoms with Crippen molar-refractivity contribution in [2.45, 2.75) is 17.7 Å². The average Bonchev–Trinajstić information content (AvgIpc) is 2.25. The van der Waals surface area contributed by atoms with Crippen LogP contribution in [-0.2, 0) is 10.0 Å². The number of hydrogen-bond donors (Lipinski definition) is 1. The second-order valence-corrected chi connectivity index (χ2v) is 5.18. The Balaban J connectivity index is 2.64. The number of terminal acetylenes is 1. The second kappa shape index (κ2) is 5.85. The van der Waals surface area contributed by atoms with Gasteiger partial charge in [0.1, 0.15) is 10.0 Å². The first kappa shape index (κ1) is 13.0. The normalized spacial score (nSPS) is 11.0. The van der Waals surface area contributed by atoms with Crippen molar-refractivity contribution >= 4 is 21.6 Å². The van der Waals surface area contributed by atoms with E-state index in [4.69, 9.17) is 18.0 Å². The van der Waals surface area contributed by atoms with Crippen LogP contribution in [0.5, 0.6) is 0 Å². The third-order valence-corrected chi connectivity index (χ3v) is 3.47. The molecule has 0 radical (unpaired) electrons. The molecule has 0 aliphatic heterocycles. The van der Waals surface area contributed by atoms with Gasteiger partial charge in [-0.3, -0.25) is 0 Å². The minimum atomic E-state index is -3.50. The fourth-order valence-electron chi connectivity index (χ4n) is 1.00. The van der Waals surface area contributed by atoms with E-state index in [1.165, 1.54) is 18.3 Å². The van der Waals surface area contributed by atoms with Crippen LogP contribution in [0.15, 0.2) is 23.2 Å². The van der Waals surface area contributed by atoms with E-state index in [9.17, 15) is 8.42 Å². The summed E-state index contributed by atoms with van der Waals surface area (Å²) in [5.41, 5.74) is 0. The highest BCUT2D eigenvalue weighted by atomic mass is 35.5. The van der Waals surface area contributed by atoms with Gasteiger partial charge in [0.2, 0.25) is 10.0 Å². The van der Waals surface area contributed by atoms with Gasteiger partial charge in [0, 0.05) is 19.2 Å². The number of unbranched alkanes of at least 4 members (excludes halogenated alkanes) is 1. The molecule has 1 heterocycles. The summed E-state index contributed by atoms with van der Waals surface area (Å²) in [5.74, 6) is 2.44. The van der Waals surface area contributed by atoms with Crippen LogP contribution < -0.4 is 4.72 Å². The molecular weight excluding hydrogens is 248 g/mol. The lowest BCUT2D eigenvalue weighted by atomic mass is 10.3. The monoisotopic (exact) mass is 258 g/mol. The molecule has 0 spiro atoms. The molecule has 0 unspecified atom stereocenters. The summed E-state index contributed by atoms with van der Waals surface area (Å²) in [6.45, 7) is 0.315. The van der Waals surface area contributed by atoms with Gasteiger partial charge in [-0.15, -0.1) is 12.3 Å². The van der Waals surface area contributed by atoms with Crippen molar-refractivity contribution in [3.63, 3.8) is 0 Å². The highest BCUT2D eigenvalue weighted by molar-refractivity contribution is 7.89. The molecule has 86 valence electrons. The Labute approximate surface area is 100 Å². The highest BCUT2D eigenvalue weighted by Gasteiger charge is 2.12. The third-order valence-electron chi connectivity index (χ3n) is 1.80. The lowest BCUT2D eigenvalue weighted by Crippen LogP contribution is -2.24. The van der Waals surface area contributed by atoms with Crippen LogP contribution in [0, 0.1) is 12.3 Å². The summed E-state index contributed by atoms with van der Waals surface area (Å²) < 4.78 is 25.7. The minimum absolute atomic E-state index is 0.0950. The minimum Gasteiger partial charge on any atom is -0.243 e. The maximum Gasteiger partial charge on any atom is 0.242 e. The first-order valence-corrected chi connectivity index (χ1v) is 6.47. The molecule has 0 aliphatic carbocycles. The van der Waals surface area contributed by atoms with E-state index in [2.05, 4.69) is 15.6 Å². The van der Waals surface area contributed by atoms with Crippen LogP contribution >= 0.6 is 11.6 Å². The predicted molar refractivity (Wildman–Crippen MR) is 62.5 cm³/mol. The van der Waals surface area contributed by atoms with Gasteiger partial charge in [-0.1, -0.05) is 11.6 Å². The molecule has 0 bridgehead atoms. The molecule has 4 nitrogen and oxygen atoms in total. The molecule has 6 heteroatoms.